The van der Waals surface area contributed by atoms with Crippen molar-refractivity contribution in [2.45, 2.75) is 0 Å². The molecule has 0 unspecified atom stereocenters. The van der Waals surface area contributed by atoms with Crippen molar-refractivity contribution in [2.24, 2.45) is 0 Å². The van der Waals surface area contributed by atoms with Gasteiger partial charge in [0.2, 0.25) is 0 Å². The van der Waals surface area contributed by atoms with Crippen LogP contribution in [0.3, 0.4) is 0 Å². The van der Waals surface area contributed by atoms with Crippen LogP contribution < -0.4 is 15.4 Å². The third-order valence-corrected chi connectivity index (χ3v) is 3.74. The molecule has 2 heterocycles. The first-order valence-corrected chi connectivity index (χ1v) is 7.67. The van der Waals surface area contributed by atoms with Crippen molar-refractivity contribution in [3.8, 4) is 11.4 Å². The first-order chi connectivity index (χ1) is 12.2. The van der Waals surface area contributed by atoms with Gasteiger partial charge < -0.3 is 15.4 Å². The van der Waals surface area contributed by atoms with E-state index in [0.29, 0.717) is 22.7 Å². The summed E-state index contributed by atoms with van der Waals surface area (Å²) in [6.07, 6.45) is 3.17. The molecule has 1 aromatic heterocycles. The second kappa shape index (κ2) is 6.12. The van der Waals surface area contributed by atoms with Crippen molar-refractivity contribution in [3.63, 3.8) is 0 Å². The van der Waals surface area contributed by atoms with E-state index >= 15 is 0 Å². The molecule has 0 fully saturated rings. The summed E-state index contributed by atoms with van der Waals surface area (Å²) in [6, 6.07) is 14.6. The second-order valence-corrected chi connectivity index (χ2v) is 5.51. The zero-order chi connectivity index (χ0) is 17.2. The van der Waals surface area contributed by atoms with Gasteiger partial charge in [-0.25, -0.2) is 4.68 Å². The Morgan fingerprint density at radius 3 is 2.88 bits per heavy atom. The maximum absolute atomic E-state index is 12.4. The Hall–Kier alpha value is -3.61. The molecule has 0 bridgehead atoms. The number of carbonyl (C=O) groups excluding carboxylic acids is 2. The lowest BCUT2D eigenvalue weighted by atomic mass is 10.2. The van der Waals surface area contributed by atoms with Crippen LogP contribution in [-0.2, 0) is 4.79 Å². The molecular formula is C18H14N4O3. The normalized spacial score (nSPS) is 12.7. The van der Waals surface area contributed by atoms with Crippen molar-refractivity contribution in [3.05, 3.63) is 66.5 Å². The Morgan fingerprint density at radius 1 is 1.20 bits per heavy atom. The molecular weight excluding hydrogens is 320 g/mol. The molecule has 2 amide bonds. The average Bonchev–Trinajstić information content (AvgIpc) is 3.12. The number of carbonyl (C=O) groups is 2. The van der Waals surface area contributed by atoms with Gasteiger partial charge in [-0.3, -0.25) is 9.59 Å². The highest BCUT2D eigenvalue weighted by atomic mass is 16.5. The lowest BCUT2D eigenvalue weighted by Gasteiger charge is -2.18. The summed E-state index contributed by atoms with van der Waals surface area (Å²) < 4.78 is 6.93. The van der Waals surface area contributed by atoms with Crippen LogP contribution in [0.15, 0.2) is 60.9 Å². The number of ether oxygens (including phenoxy) is 1. The lowest BCUT2D eigenvalue weighted by molar-refractivity contribution is -0.118. The van der Waals surface area contributed by atoms with Crippen LogP contribution in [0.2, 0.25) is 0 Å². The van der Waals surface area contributed by atoms with Gasteiger partial charge in [0.15, 0.2) is 6.61 Å². The Kier molecular flexibility index (Phi) is 3.66. The fourth-order valence-electron chi connectivity index (χ4n) is 2.53. The highest BCUT2D eigenvalue weighted by Gasteiger charge is 2.17. The number of aromatic nitrogens is 2. The summed E-state index contributed by atoms with van der Waals surface area (Å²) in [5.41, 5.74) is 2.40. The Morgan fingerprint density at radius 2 is 2.04 bits per heavy atom. The molecule has 3 aromatic rings. The molecule has 0 atom stereocenters. The molecule has 25 heavy (non-hydrogen) atoms. The van der Waals surface area contributed by atoms with Gasteiger partial charge in [0.1, 0.15) is 5.75 Å². The Balaban J connectivity index is 1.52. The number of nitrogens with one attached hydrogen (secondary N) is 2. The highest BCUT2D eigenvalue weighted by Crippen LogP contribution is 2.30. The van der Waals surface area contributed by atoms with Crippen LogP contribution in [0.25, 0.3) is 5.69 Å². The minimum atomic E-state index is -0.287. The number of amides is 2. The zero-order valence-corrected chi connectivity index (χ0v) is 13.1. The fraction of sp³-hybridized carbons (Fsp3) is 0.0556. The first kappa shape index (κ1) is 14.9. The molecule has 1 aliphatic heterocycles. The minimum absolute atomic E-state index is 0.00260. The molecule has 0 spiro atoms. The van der Waals surface area contributed by atoms with Gasteiger partial charge in [0, 0.05) is 11.9 Å². The minimum Gasteiger partial charge on any atom is -0.482 e. The number of anilines is 2. The summed E-state index contributed by atoms with van der Waals surface area (Å²) in [4.78, 5) is 23.8. The predicted molar refractivity (Wildman–Crippen MR) is 92.1 cm³/mol. The fourth-order valence-corrected chi connectivity index (χ4v) is 2.53. The summed E-state index contributed by atoms with van der Waals surface area (Å²) in [5.74, 6) is 0.0693. The molecule has 7 heteroatoms. The van der Waals surface area contributed by atoms with E-state index in [1.165, 1.54) is 6.20 Å². The molecule has 4 rings (SSSR count). The maximum Gasteiger partial charge on any atom is 0.262 e. The number of para-hydroxylation sites is 1. The number of fused-ring (bicyclic) bond motifs is 1. The number of hydrogen-bond acceptors (Lipinski definition) is 4. The van der Waals surface area contributed by atoms with E-state index in [1.807, 2.05) is 30.3 Å². The summed E-state index contributed by atoms with van der Waals surface area (Å²) in [6.45, 7) is -0.00260. The van der Waals surface area contributed by atoms with Gasteiger partial charge in [-0.15, -0.1) is 0 Å². The monoisotopic (exact) mass is 334 g/mol. The molecule has 124 valence electrons. The van der Waals surface area contributed by atoms with Crippen molar-refractivity contribution in [1.82, 2.24) is 9.78 Å². The summed E-state index contributed by atoms with van der Waals surface area (Å²) in [7, 11) is 0. The van der Waals surface area contributed by atoms with E-state index in [0.717, 1.165) is 5.69 Å². The number of benzene rings is 2. The van der Waals surface area contributed by atoms with Crippen LogP contribution in [-0.4, -0.2) is 28.2 Å². The Bertz CT molecular complexity index is 950. The van der Waals surface area contributed by atoms with E-state index < -0.39 is 0 Å². The number of hydrogen-bond donors (Lipinski definition) is 2. The first-order valence-electron chi connectivity index (χ1n) is 7.67. The molecule has 2 N–H and O–H groups in total. The van der Waals surface area contributed by atoms with Crippen molar-refractivity contribution >= 4 is 23.2 Å². The predicted octanol–water partition coefficient (Wildman–Crippen LogP) is 2.46. The van der Waals surface area contributed by atoms with Gasteiger partial charge >= 0.3 is 0 Å². The van der Waals surface area contributed by atoms with Crippen molar-refractivity contribution in [2.75, 3.05) is 17.2 Å². The third kappa shape index (κ3) is 3.07. The highest BCUT2D eigenvalue weighted by molar-refractivity contribution is 6.05. The molecule has 0 radical (unpaired) electrons. The van der Waals surface area contributed by atoms with E-state index in [4.69, 9.17) is 4.74 Å². The summed E-state index contributed by atoms with van der Waals surface area (Å²) in [5, 5.41) is 9.70. The SMILES string of the molecule is O=C1COc2ccc(NC(=O)c3cnn(-c4ccccc4)c3)cc2N1. The third-order valence-electron chi connectivity index (χ3n) is 3.74. The van der Waals surface area contributed by atoms with Crippen LogP contribution in [0, 0.1) is 0 Å². The summed E-state index contributed by atoms with van der Waals surface area (Å²) >= 11 is 0. The maximum atomic E-state index is 12.4. The van der Waals surface area contributed by atoms with E-state index in [9.17, 15) is 9.59 Å². The standard InChI is InChI=1S/C18H14N4O3/c23-17-11-25-16-7-6-13(8-15(16)21-17)20-18(24)12-9-19-22(10-12)14-4-2-1-3-5-14/h1-10H,11H2,(H,20,24)(H,21,23). The molecule has 0 saturated heterocycles. The van der Waals surface area contributed by atoms with Crippen LogP contribution in [0.1, 0.15) is 10.4 Å². The van der Waals surface area contributed by atoms with Crippen LogP contribution in [0.4, 0.5) is 11.4 Å². The van der Waals surface area contributed by atoms with E-state index in [1.54, 1.807) is 29.1 Å². The largest absolute Gasteiger partial charge is 0.482 e. The number of rotatable bonds is 3. The van der Waals surface area contributed by atoms with Crippen LogP contribution in [0.5, 0.6) is 5.75 Å². The molecule has 7 nitrogen and oxygen atoms in total. The molecule has 0 saturated carbocycles. The molecule has 2 aromatic carbocycles. The lowest BCUT2D eigenvalue weighted by Crippen LogP contribution is -2.25. The van der Waals surface area contributed by atoms with E-state index in [2.05, 4.69) is 15.7 Å². The molecule has 0 aliphatic carbocycles. The van der Waals surface area contributed by atoms with Gasteiger partial charge in [0.25, 0.3) is 11.8 Å². The van der Waals surface area contributed by atoms with Gasteiger partial charge in [-0.2, -0.15) is 5.10 Å². The quantitative estimate of drug-likeness (QED) is 0.770. The average molecular weight is 334 g/mol. The Labute approximate surface area is 143 Å². The topological polar surface area (TPSA) is 85.2 Å². The van der Waals surface area contributed by atoms with Crippen molar-refractivity contribution in [1.29, 1.82) is 0 Å². The zero-order valence-electron chi connectivity index (χ0n) is 13.1. The van der Waals surface area contributed by atoms with Gasteiger partial charge in [0.05, 0.1) is 23.1 Å². The van der Waals surface area contributed by atoms with Crippen LogP contribution >= 0.6 is 0 Å². The van der Waals surface area contributed by atoms with Crippen molar-refractivity contribution < 1.29 is 14.3 Å². The molecule has 1 aliphatic rings. The smallest absolute Gasteiger partial charge is 0.262 e. The van der Waals surface area contributed by atoms with E-state index in [-0.39, 0.29) is 18.4 Å². The number of nitrogens with zero attached hydrogens (tertiary/aromatic N) is 2. The second-order valence-electron chi connectivity index (χ2n) is 5.51. The van der Waals surface area contributed by atoms with Gasteiger partial charge in [-0.05, 0) is 30.3 Å². The van der Waals surface area contributed by atoms with Gasteiger partial charge in [-0.1, -0.05) is 18.2 Å².